The molecule has 1 aliphatic rings. The number of piperidine rings is 1. The summed E-state index contributed by atoms with van der Waals surface area (Å²) >= 11 is 0. The molecular formula is C14H28N2O2. The van der Waals surface area contributed by atoms with Gasteiger partial charge in [-0.3, -0.25) is 4.79 Å². The van der Waals surface area contributed by atoms with Gasteiger partial charge in [0.05, 0.1) is 7.11 Å². The zero-order valence-electron chi connectivity index (χ0n) is 12.2. The number of esters is 1. The average Bonchev–Trinajstić information content (AvgIpc) is 2.34. The summed E-state index contributed by atoms with van der Waals surface area (Å²) in [6, 6.07) is 0.392. The van der Waals surface area contributed by atoms with E-state index in [2.05, 4.69) is 31.1 Å². The molecule has 1 heterocycles. The first-order valence-electron chi connectivity index (χ1n) is 7.06. The molecule has 0 aromatic rings. The van der Waals surface area contributed by atoms with Gasteiger partial charge < -0.3 is 15.0 Å². The molecule has 1 rings (SSSR count). The molecule has 0 bridgehead atoms. The number of methoxy groups -OCH3 is 1. The summed E-state index contributed by atoms with van der Waals surface area (Å²) in [5, 5.41) is 3.39. The fraction of sp³-hybridized carbons (Fsp3) is 0.929. The van der Waals surface area contributed by atoms with Crippen LogP contribution in [0.5, 0.6) is 0 Å². The lowest BCUT2D eigenvalue weighted by molar-refractivity contribution is -0.143. The topological polar surface area (TPSA) is 41.6 Å². The molecule has 4 heteroatoms. The van der Waals surface area contributed by atoms with Crippen LogP contribution in [0.4, 0.5) is 0 Å². The standard InChI is InChI=1S/C14H28N2O2/c1-11(2)9-13(14(17)18-4)15-10-12-7-5-6-8-16(12)3/h11-13,15H,5-10H2,1-4H3. The molecule has 1 fully saturated rings. The van der Waals surface area contributed by atoms with Crippen molar-refractivity contribution in [3.63, 3.8) is 0 Å². The minimum Gasteiger partial charge on any atom is -0.468 e. The molecule has 1 saturated heterocycles. The van der Waals surface area contributed by atoms with Gasteiger partial charge in [-0.1, -0.05) is 20.3 Å². The molecule has 0 aliphatic carbocycles. The van der Waals surface area contributed by atoms with Gasteiger partial charge >= 0.3 is 5.97 Å². The highest BCUT2D eigenvalue weighted by molar-refractivity contribution is 5.75. The van der Waals surface area contributed by atoms with Crippen molar-refractivity contribution < 1.29 is 9.53 Å². The smallest absolute Gasteiger partial charge is 0.322 e. The minimum atomic E-state index is -0.162. The van der Waals surface area contributed by atoms with E-state index in [1.165, 1.54) is 32.9 Å². The third-order valence-electron chi connectivity index (χ3n) is 3.71. The quantitative estimate of drug-likeness (QED) is 0.734. The molecule has 0 aromatic heterocycles. The second-order valence-electron chi connectivity index (χ2n) is 5.74. The van der Waals surface area contributed by atoms with Gasteiger partial charge in [0.25, 0.3) is 0 Å². The zero-order chi connectivity index (χ0) is 13.5. The van der Waals surface area contributed by atoms with E-state index < -0.39 is 0 Å². The largest absolute Gasteiger partial charge is 0.468 e. The molecule has 0 spiro atoms. The van der Waals surface area contributed by atoms with Crippen molar-refractivity contribution in [2.75, 3.05) is 27.2 Å². The summed E-state index contributed by atoms with van der Waals surface area (Å²) in [6.07, 6.45) is 4.64. The Hall–Kier alpha value is -0.610. The van der Waals surface area contributed by atoms with Crippen LogP contribution in [0.1, 0.15) is 39.5 Å². The third-order valence-corrected chi connectivity index (χ3v) is 3.71. The van der Waals surface area contributed by atoms with E-state index in [0.29, 0.717) is 12.0 Å². The molecule has 2 unspecified atom stereocenters. The lowest BCUT2D eigenvalue weighted by Crippen LogP contribution is -2.48. The average molecular weight is 256 g/mol. The van der Waals surface area contributed by atoms with E-state index in [9.17, 15) is 4.79 Å². The molecule has 0 saturated carbocycles. The fourth-order valence-corrected chi connectivity index (χ4v) is 2.56. The van der Waals surface area contributed by atoms with E-state index in [-0.39, 0.29) is 12.0 Å². The first-order valence-corrected chi connectivity index (χ1v) is 7.06. The number of carbonyl (C=O) groups excluding carboxylic acids is 1. The first kappa shape index (κ1) is 15.4. The molecular weight excluding hydrogens is 228 g/mol. The van der Waals surface area contributed by atoms with Gasteiger partial charge in [-0.2, -0.15) is 0 Å². The number of hydrogen-bond acceptors (Lipinski definition) is 4. The summed E-state index contributed by atoms with van der Waals surface area (Å²) in [6.45, 7) is 6.30. The zero-order valence-corrected chi connectivity index (χ0v) is 12.2. The second kappa shape index (κ2) is 7.74. The van der Waals surface area contributed by atoms with Crippen LogP contribution in [0.2, 0.25) is 0 Å². The Bertz CT molecular complexity index is 256. The van der Waals surface area contributed by atoms with Crippen molar-refractivity contribution in [3.8, 4) is 0 Å². The van der Waals surface area contributed by atoms with E-state index in [0.717, 1.165) is 13.0 Å². The summed E-state index contributed by atoms with van der Waals surface area (Å²) < 4.78 is 4.86. The maximum absolute atomic E-state index is 11.7. The molecule has 0 radical (unpaired) electrons. The lowest BCUT2D eigenvalue weighted by atomic mass is 10.0. The number of carbonyl (C=O) groups is 1. The Morgan fingerprint density at radius 1 is 1.44 bits per heavy atom. The van der Waals surface area contributed by atoms with Crippen molar-refractivity contribution in [2.24, 2.45) is 5.92 Å². The highest BCUT2D eigenvalue weighted by Crippen LogP contribution is 2.15. The number of nitrogens with zero attached hydrogens (tertiary/aromatic N) is 1. The highest BCUT2D eigenvalue weighted by Gasteiger charge is 2.24. The molecule has 4 nitrogen and oxygen atoms in total. The van der Waals surface area contributed by atoms with E-state index in [1.54, 1.807) is 0 Å². The monoisotopic (exact) mass is 256 g/mol. The van der Waals surface area contributed by atoms with Crippen molar-refractivity contribution in [3.05, 3.63) is 0 Å². The number of hydrogen-bond donors (Lipinski definition) is 1. The number of ether oxygens (including phenoxy) is 1. The van der Waals surface area contributed by atoms with Crippen LogP contribution in [0.15, 0.2) is 0 Å². The molecule has 18 heavy (non-hydrogen) atoms. The van der Waals surface area contributed by atoms with Crippen LogP contribution in [0, 0.1) is 5.92 Å². The van der Waals surface area contributed by atoms with Gasteiger partial charge in [-0.15, -0.1) is 0 Å². The van der Waals surface area contributed by atoms with Crippen molar-refractivity contribution >= 4 is 5.97 Å². The van der Waals surface area contributed by atoms with Gasteiger partial charge in [0.15, 0.2) is 0 Å². The van der Waals surface area contributed by atoms with Gasteiger partial charge in [0.1, 0.15) is 6.04 Å². The predicted octanol–water partition coefficient (Wildman–Crippen LogP) is 1.65. The van der Waals surface area contributed by atoms with Crippen molar-refractivity contribution in [1.82, 2.24) is 10.2 Å². The molecule has 2 atom stereocenters. The first-order chi connectivity index (χ1) is 8.54. The predicted molar refractivity (Wildman–Crippen MR) is 73.5 cm³/mol. The Kier molecular flexibility index (Phi) is 6.65. The van der Waals surface area contributed by atoms with Gasteiger partial charge in [0, 0.05) is 12.6 Å². The van der Waals surface area contributed by atoms with E-state index >= 15 is 0 Å². The van der Waals surface area contributed by atoms with Crippen LogP contribution < -0.4 is 5.32 Å². The minimum absolute atomic E-state index is 0.137. The molecule has 1 N–H and O–H groups in total. The molecule has 106 valence electrons. The van der Waals surface area contributed by atoms with Crippen LogP contribution >= 0.6 is 0 Å². The van der Waals surface area contributed by atoms with Crippen LogP contribution in [0.3, 0.4) is 0 Å². The van der Waals surface area contributed by atoms with Gasteiger partial charge in [-0.05, 0) is 38.8 Å². The normalized spacial score (nSPS) is 23.1. The van der Waals surface area contributed by atoms with Gasteiger partial charge in [0.2, 0.25) is 0 Å². The van der Waals surface area contributed by atoms with E-state index in [4.69, 9.17) is 4.74 Å². The Morgan fingerprint density at radius 2 is 2.17 bits per heavy atom. The number of rotatable bonds is 6. The fourth-order valence-electron chi connectivity index (χ4n) is 2.56. The Morgan fingerprint density at radius 3 is 2.72 bits per heavy atom. The highest BCUT2D eigenvalue weighted by atomic mass is 16.5. The lowest BCUT2D eigenvalue weighted by Gasteiger charge is -2.33. The van der Waals surface area contributed by atoms with E-state index in [1.807, 2.05) is 0 Å². The maximum Gasteiger partial charge on any atom is 0.322 e. The van der Waals surface area contributed by atoms with Crippen molar-refractivity contribution in [2.45, 2.75) is 51.6 Å². The summed E-state index contributed by atoms with van der Waals surface area (Å²) in [7, 11) is 3.63. The number of likely N-dealkylation sites (N-methyl/N-ethyl adjacent to an activating group) is 1. The summed E-state index contributed by atoms with van der Waals surface area (Å²) in [5.74, 6) is 0.354. The third kappa shape index (κ3) is 4.94. The summed E-state index contributed by atoms with van der Waals surface area (Å²) in [5.41, 5.74) is 0. The van der Waals surface area contributed by atoms with Crippen LogP contribution in [0.25, 0.3) is 0 Å². The van der Waals surface area contributed by atoms with Crippen LogP contribution in [-0.4, -0.2) is 50.2 Å². The van der Waals surface area contributed by atoms with Gasteiger partial charge in [-0.25, -0.2) is 0 Å². The maximum atomic E-state index is 11.7. The Labute approximate surface area is 111 Å². The SMILES string of the molecule is COC(=O)C(CC(C)C)NCC1CCCCN1C. The number of nitrogens with one attached hydrogen (secondary N) is 1. The molecule has 1 aliphatic heterocycles. The van der Waals surface area contributed by atoms with Crippen LogP contribution in [-0.2, 0) is 9.53 Å². The molecule has 0 aromatic carbocycles. The summed E-state index contributed by atoms with van der Waals surface area (Å²) in [4.78, 5) is 14.1. The second-order valence-corrected chi connectivity index (χ2v) is 5.74. The number of likely N-dealkylation sites (tertiary alicyclic amines) is 1. The molecule has 0 amide bonds. The van der Waals surface area contributed by atoms with Crippen molar-refractivity contribution in [1.29, 1.82) is 0 Å². The Balaban J connectivity index is 2.42.